The minimum Gasteiger partial charge on any atom is -0.318 e. The van der Waals surface area contributed by atoms with Crippen LogP contribution in [0.25, 0.3) is 6.08 Å². The van der Waals surface area contributed by atoms with Crippen LogP contribution in [0.15, 0.2) is 70.3 Å². The van der Waals surface area contributed by atoms with Crippen LogP contribution in [0.1, 0.15) is 18.1 Å². The second-order valence-corrected chi connectivity index (χ2v) is 5.23. The van der Waals surface area contributed by atoms with Crippen molar-refractivity contribution < 1.29 is 9.63 Å². The van der Waals surface area contributed by atoms with E-state index in [9.17, 15) is 4.79 Å². The van der Waals surface area contributed by atoms with Crippen molar-refractivity contribution in [2.45, 2.75) is 6.92 Å². The molecule has 106 valence electrons. The molecule has 0 aliphatic rings. The van der Waals surface area contributed by atoms with Gasteiger partial charge in [0.2, 0.25) is 0 Å². The van der Waals surface area contributed by atoms with E-state index >= 15 is 0 Å². The lowest BCUT2D eigenvalue weighted by atomic mass is 10.1. The molecule has 0 radical (unpaired) electrons. The highest BCUT2D eigenvalue weighted by molar-refractivity contribution is 9.10. The number of oxime groups is 1. The molecule has 0 aromatic heterocycles. The van der Waals surface area contributed by atoms with Crippen LogP contribution in [-0.2, 0) is 9.63 Å². The smallest absolute Gasteiger partial charge is 0.318 e. The van der Waals surface area contributed by atoms with E-state index in [1.54, 1.807) is 0 Å². The first-order chi connectivity index (χ1) is 10.1. The van der Waals surface area contributed by atoms with E-state index in [0.717, 1.165) is 15.6 Å². The van der Waals surface area contributed by atoms with Crippen LogP contribution in [0.5, 0.6) is 0 Å². The van der Waals surface area contributed by atoms with Gasteiger partial charge in [0.1, 0.15) is 5.71 Å². The molecule has 2 aromatic rings. The SMILES string of the molecule is CC(=O)ON=C(C=Cc1cccc(Br)c1)c1ccccc1. The van der Waals surface area contributed by atoms with E-state index in [2.05, 4.69) is 21.1 Å². The zero-order valence-electron chi connectivity index (χ0n) is 11.5. The van der Waals surface area contributed by atoms with E-state index in [4.69, 9.17) is 4.84 Å². The Labute approximate surface area is 132 Å². The highest BCUT2D eigenvalue weighted by Gasteiger charge is 2.01. The number of rotatable bonds is 4. The topological polar surface area (TPSA) is 38.7 Å². The van der Waals surface area contributed by atoms with Crippen LogP contribution in [0.3, 0.4) is 0 Å². The molecule has 0 saturated carbocycles. The predicted molar refractivity (Wildman–Crippen MR) is 87.9 cm³/mol. The fourth-order valence-electron chi connectivity index (χ4n) is 1.69. The second kappa shape index (κ2) is 7.55. The Bertz CT molecular complexity index is 678. The van der Waals surface area contributed by atoms with Crippen molar-refractivity contribution in [3.8, 4) is 0 Å². The summed E-state index contributed by atoms with van der Waals surface area (Å²) in [5.41, 5.74) is 2.49. The van der Waals surface area contributed by atoms with Gasteiger partial charge >= 0.3 is 5.97 Å². The summed E-state index contributed by atoms with van der Waals surface area (Å²) >= 11 is 3.43. The summed E-state index contributed by atoms with van der Waals surface area (Å²) in [4.78, 5) is 15.7. The molecular formula is C17H14BrNO2. The van der Waals surface area contributed by atoms with Gasteiger partial charge in [-0.05, 0) is 23.8 Å². The van der Waals surface area contributed by atoms with Gasteiger partial charge in [-0.25, -0.2) is 4.79 Å². The van der Waals surface area contributed by atoms with Gasteiger partial charge < -0.3 is 4.84 Å². The molecule has 0 aliphatic heterocycles. The zero-order chi connectivity index (χ0) is 15.1. The summed E-state index contributed by atoms with van der Waals surface area (Å²) in [6.07, 6.45) is 3.74. The first-order valence-corrected chi connectivity index (χ1v) is 7.19. The number of hydrogen-bond donors (Lipinski definition) is 0. The monoisotopic (exact) mass is 343 g/mol. The molecule has 0 N–H and O–H groups in total. The van der Waals surface area contributed by atoms with Crippen molar-refractivity contribution in [1.29, 1.82) is 0 Å². The fourth-order valence-corrected chi connectivity index (χ4v) is 2.10. The summed E-state index contributed by atoms with van der Waals surface area (Å²) in [5.74, 6) is -0.445. The molecule has 0 atom stereocenters. The highest BCUT2D eigenvalue weighted by atomic mass is 79.9. The summed E-state index contributed by atoms with van der Waals surface area (Å²) in [5, 5.41) is 3.90. The Balaban J connectivity index is 2.28. The van der Waals surface area contributed by atoms with E-state index in [1.165, 1.54) is 6.92 Å². The molecule has 2 aromatic carbocycles. The number of carbonyl (C=O) groups is 1. The van der Waals surface area contributed by atoms with Crippen LogP contribution >= 0.6 is 15.9 Å². The second-order valence-electron chi connectivity index (χ2n) is 4.31. The van der Waals surface area contributed by atoms with E-state index in [0.29, 0.717) is 5.71 Å². The molecule has 21 heavy (non-hydrogen) atoms. The van der Waals surface area contributed by atoms with Gasteiger partial charge in [-0.15, -0.1) is 0 Å². The predicted octanol–water partition coefficient (Wildman–Crippen LogP) is 4.43. The number of allylic oxidation sites excluding steroid dienone is 1. The lowest BCUT2D eigenvalue weighted by molar-refractivity contribution is -0.140. The first kappa shape index (κ1) is 15.2. The van der Waals surface area contributed by atoms with Crippen molar-refractivity contribution in [1.82, 2.24) is 0 Å². The fraction of sp³-hybridized carbons (Fsp3) is 0.0588. The molecule has 2 rings (SSSR count). The molecule has 0 saturated heterocycles. The number of nitrogens with zero attached hydrogens (tertiary/aromatic N) is 1. The van der Waals surface area contributed by atoms with Gasteiger partial charge in [-0.1, -0.05) is 69.6 Å². The van der Waals surface area contributed by atoms with Crippen molar-refractivity contribution in [2.75, 3.05) is 0 Å². The highest BCUT2D eigenvalue weighted by Crippen LogP contribution is 2.13. The third kappa shape index (κ3) is 5.00. The Morgan fingerprint density at radius 3 is 2.57 bits per heavy atom. The standard InChI is InChI=1S/C17H14BrNO2/c1-13(20)21-19-17(15-7-3-2-4-8-15)11-10-14-6-5-9-16(18)12-14/h2-12H,1H3. The van der Waals surface area contributed by atoms with Crippen LogP contribution in [0, 0.1) is 0 Å². The number of benzene rings is 2. The van der Waals surface area contributed by atoms with E-state index in [1.807, 2.05) is 66.7 Å². The summed E-state index contributed by atoms with van der Waals surface area (Å²) < 4.78 is 1.00. The molecule has 0 unspecified atom stereocenters. The maximum absolute atomic E-state index is 10.9. The van der Waals surface area contributed by atoms with Crippen LogP contribution < -0.4 is 0 Å². The summed E-state index contributed by atoms with van der Waals surface area (Å²) in [6.45, 7) is 1.32. The van der Waals surface area contributed by atoms with Gasteiger partial charge in [-0.2, -0.15) is 0 Å². The molecular weight excluding hydrogens is 330 g/mol. The molecule has 0 spiro atoms. The van der Waals surface area contributed by atoms with Gasteiger partial charge in [0.05, 0.1) is 0 Å². The van der Waals surface area contributed by atoms with Gasteiger partial charge in [0.25, 0.3) is 0 Å². The normalized spacial score (nSPS) is 11.6. The maximum atomic E-state index is 10.9. The minimum absolute atomic E-state index is 0.445. The molecule has 3 nitrogen and oxygen atoms in total. The van der Waals surface area contributed by atoms with E-state index in [-0.39, 0.29) is 0 Å². The number of hydrogen-bond acceptors (Lipinski definition) is 3. The zero-order valence-corrected chi connectivity index (χ0v) is 13.1. The average Bonchev–Trinajstić information content (AvgIpc) is 2.48. The van der Waals surface area contributed by atoms with Crippen molar-refractivity contribution in [2.24, 2.45) is 5.16 Å². The molecule has 0 fully saturated rings. The van der Waals surface area contributed by atoms with Gasteiger partial charge in [0.15, 0.2) is 0 Å². The molecule has 0 bridgehead atoms. The number of carbonyl (C=O) groups excluding carboxylic acids is 1. The summed E-state index contributed by atoms with van der Waals surface area (Å²) in [6, 6.07) is 17.4. The van der Waals surface area contributed by atoms with Crippen molar-refractivity contribution in [3.05, 3.63) is 76.3 Å². The first-order valence-electron chi connectivity index (χ1n) is 6.40. The largest absolute Gasteiger partial charge is 0.332 e. The average molecular weight is 344 g/mol. The Kier molecular flexibility index (Phi) is 5.46. The Morgan fingerprint density at radius 1 is 1.14 bits per heavy atom. The number of halogens is 1. The molecule has 0 aliphatic carbocycles. The minimum atomic E-state index is -0.445. The third-order valence-electron chi connectivity index (χ3n) is 2.62. The quantitative estimate of drug-likeness (QED) is 0.468. The lowest BCUT2D eigenvalue weighted by Gasteiger charge is -2.01. The third-order valence-corrected chi connectivity index (χ3v) is 3.12. The van der Waals surface area contributed by atoms with Crippen molar-refractivity contribution >= 4 is 33.7 Å². The molecule has 0 amide bonds. The van der Waals surface area contributed by atoms with E-state index < -0.39 is 5.97 Å². The van der Waals surface area contributed by atoms with Crippen LogP contribution in [0.2, 0.25) is 0 Å². The van der Waals surface area contributed by atoms with Crippen LogP contribution in [0.4, 0.5) is 0 Å². The van der Waals surface area contributed by atoms with Crippen LogP contribution in [-0.4, -0.2) is 11.7 Å². The maximum Gasteiger partial charge on any atom is 0.332 e. The summed E-state index contributed by atoms with van der Waals surface area (Å²) in [7, 11) is 0. The lowest BCUT2D eigenvalue weighted by Crippen LogP contribution is -2.00. The molecule has 4 heteroatoms. The Hall–Kier alpha value is -2.20. The van der Waals surface area contributed by atoms with Crippen molar-refractivity contribution in [3.63, 3.8) is 0 Å². The van der Waals surface area contributed by atoms with Gasteiger partial charge in [0, 0.05) is 17.0 Å². The molecule has 0 heterocycles. The Morgan fingerprint density at radius 2 is 1.90 bits per heavy atom. The van der Waals surface area contributed by atoms with Gasteiger partial charge in [-0.3, -0.25) is 0 Å².